The number of ether oxygens (including phenoxy) is 4. The lowest BCUT2D eigenvalue weighted by Gasteiger charge is -2.46. The molecule has 12 atom stereocenters. The highest BCUT2D eigenvalue weighted by Crippen LogP contribution is 2.29. The van der Waals surface area contributed by atoms with Crippen molar-refractivity contribution in [2.75, 3.05) is 19.8 Å². The minimum absolute atomic E-state index is 0.249. The summed E-state index contributed by atoms with van der Waals surface area (Å²) in [6.07, 6.45) is 7.76. The van der Waals surface area contributed by atoms with Gasteiger partial charge in [0.15, 0.2) is 12.6 Å². The van der Waals surface area contributed by atoms with Gasteiger partial charge in [-0.2, -0.15) is 0 Å². The molecule has 0 bridgehead atoms. The molecule has 0 spiro atoms. The van der Waals surface area contributed by atoms with Crippen molar-refractivity contribution in [2.24, 2.45) is 0 Å². The van der Waals surface area contributed by atoms with Gasteiger partial charge < -0.3 is 65.1 Å². The van der Waals surface area contributed by atoms with Crippen molar-refractivity contribution in [1.82, 2.24) is 5.32 Å². The molecule has 2 heterocycles. The van der Waals surface area contributed by atoms with Crippen LogP contribution in [0.25, 0.3) is 0 Å². The van der Waals surface area contributed by atoms with E-state index in [-0.39, 0.29) is 18.9 Å². The molecule has 0 saturated carbocycles. The third kappa shape index (κ3) is 17.6. The maximum atomic E-state index is 12.9. The van der Waals surface area contributed by atoms with Gasteiger partial charge in [-0.05, 0) is 12.8 Å². The monoisotopic (exact) mass is 764 g/mol. The second-order valence-electron chi connectivity index (χ2n) is 14.8. The van der Waals surface area contributed by atoms with Gasteiger partial charge in [0.25, 0.3) is 0 Å². The number of aliphatic hydroxyl groups is 8. The summed E-state index contributed by atoms with van der Waals surface area (Å²) >= 11 is 0. The summed E-state index contributed by atoms with van der Waals surface area (Å²) < 4.78 is 22.4. The normalized spacial score (nSPS) is 30.5. The highest BCUT2D eigenvalue weighted by Gasteiger charge is 2.50. The Labute approximate surface area is 316 Å². The average molecular weight is 764 g/mol. The van der Waals surface area contributed by atoms with Crippen LogP contribution in [-0.2, 0) is 23.7 Å². The molecular weight excluding hydrogens is 690 g/mol. The van der Waals surface area contributed by atoms with E-state index < -0.39 is 86.8 Å². The molecule has 2 aliphatic heterocycles. The molecule has 0 aliphatic carbocycles. The van der Waals surface area contributed by atoms with Crippen molar-refractivity contribution in [3.8, 4) is 0 Å². The Morgan fingerprint density at radius 1 is 0.660 bits per heavy atom. The van der Waals surface area contributed by atoms with E-state index in [2.05, 4.69) is 19.2 Å². The number of unbranched alkanes of at least 4 members (excludes halogenated alkanes) is 16. The number of amides is 1. The topological polar surface area (TPSA) is 228 Å². The lowest BCUT2D eigenvalue weighted by atomic mass is 9.97. The fourth-order valence-corrected chi connectivity index (χ4v) is 6.74. The molecule has 2 aliphatic rings. The predicted molar refractivity (Wildman–Crippen MR) is 199 cm³/mol. The van der Waals surface area contributed by atoms with Gasteiger partial charge >= 0.3 is 0 Å². The number of aliphatic hydroxyl groups excluding tert-OH is 8. The molecule has 2 fully saturated rings. The first kappa shape index (κ1) is 47.9. The van der Waals surface area contributed by atoms with Crippen LogP contribution in [-0.4, -0.2) is 140 Å². The number of hydrogen-bond acceptors (Lipinski definition) is 13. The molecule has 14 heteroatoms. The first-order valence-electron chi connectivity index (χ1n) is 20.4. The van der Waals surface area contributed by atoms with Crippen molar-refractivity contribution in [2.45, 2.75) is 209 Å². The Morgan fingerprint density at radius 2 is 1.17 bits per heavy atom. The van der Waals surface area contributed by atoms with Crippen LogP contribution >= 0.6 is 0 Å². The van der Waals surface area contributed by atoms with Crippen molar-refractivity contribution in [1.29, 1.82) is 0 Å². The Morgan fingerprint density at radius 3 is 1.72 bits per heavy atom. The van der Waals surface area contributed by atoms with E-state index in [4.69, 9.17) is 18.9 Å². The van der Waals surface area contributed by atoms with Crippen molar-refractivity contribution < 1.29 is 64.6 Å². The predicted octanol–water partition coefficient (Wildman–Crippen LogP) is 2.48. The fourth-order valence-electron chi connectivity index (χ4n) is 6.74. The standard InChI is InChI=1S/C39H73NO13/c1-3-5-7-9-10-11-12-13-14-15-16-17-18-19-21-23-31(44)40-27(28(43)22-20-8-6-4-2)26-50-38-36(49)34(47)37(30(25-42)52-38)53-39-35(48)33(46)32(45)29(24-41)51-39/h20,22,27-30,32-39,41-43,45-49H,3-19,21,23-26H2,1-2H3,(H,40,44)/b22-20+. The molecule has 2 rings (SSSR count). The van der Waals surface area contributed by atoms with Crippen LogP contribution in [0, 0.1) is 0 Å². The molecule has 9 N–H and O–H groups in total. The van der Waals surface area contributed by atoms with Crippen molar-refractivity contribution in [3.63, 3.8) is 0 Å². The third-order valence-electron chi connectivity index (χ3n) is 10.2. The molecule has 312 valence electrons. The molecule has 0 aromatic heterocycles. The van der Waals surface area contributed by atoms with Crippen molar-refractivity contribution >= 4 is 5.91 Å². The summed E-state index contributed by atoms with van der Waals surface area (Å²) in [6, 6.07) is -0.902. The second kappa shape index (κ2) is 28.2. The maximum absolute atomic E-state index is 12.9. The van der Waals surface area contributed by atoms with Crippen LogP contribution in [0.3, 0.4) is 0 Å². The fraction of sp³-hybridized carbons (Fsp3) is 0.923. The number of carbonyl (C=O) groups excluding carboxylic acids is 1. The minimum Gasteiger partial charge on any atom is -0.394 e. The van der Waals surface area contributed by atoms with Crippen LogP contribution in [0.15, 0.2) is 12.2 Å². The van der Waals surface area contributed by atoms with Gasteiger partial charge in [0.2, 0.25) is 5.91 Å². The van der Waals surface area contributed by atoms with Crippen molar-refractivity contribution in [3.05, 3.63) is 12.2 Å². The smallest absolute Gasteiger partial charge is 0.220 e. The largest absolute Gasteiger partial charge is 0.394 e. The Kier molecular flexibility index (Phi) is 25.5. The zero-order valence-corrected chi connectivity index (χ0v) is 32.3. The second-order valence-corrected chi connectivity index (χ2v) is 14.8. The molecule has 1 amide bonds. The number of hydrogen-bond donors (Lipinski definition) is 9. The Balaban J connectivity index is 1.82. The van der Waals surface area contributed by atoms with Gasteiger partial charge in [-0.15, -0.1) is 0 Å². The molecule has 53 heavy (non-hydrogen) atoms. The van der Waals surface area contributed by atoms with E-state index in [0.29, 0.717) is 6.42 Å². The number of carbonyl (C=O) groups is 1. The van der Waals surface area contributed by atoms with Gasteiger partial charge in [0.05, 0.1) is 32.0 Å². The highest BCUT2D eigenvalue weighted by molar-refractivity contribution is 5.76. The molecular formula is C39H73NO13. The lowest BCUT2D eigenvalue weighted by Crippen LogP contribution is -2.65. The molecule has 0 aromatic carbocycles. The van der Waals surface area contributed by atoms with Crippen LogP contribution < -0.4 is 5.32 Å². The lowest BCUT2D eigenvalue weighted by molar-refractivity contribution is -0.359. The average Bonchev–Trinajstić information content (AvgIpc) is 3.15. The third-order valence-corrected chi connectivity index (χ3v) is 10.2. The first-order chi connectivity index (χ1) is 25.6. The van der Waals surface area contributed by atoms with Crippen LogP contribution in [0.2, 0.25) is 0 Å². The maximum Gasteiger partial charge on any atom is 0.220 e. The summed E-state index contributed by atoms with van der Waals surface area (Å²) in [5.41, 5.74) is 0. The molecule has 14 nitrogen and oxygen atoms in total. The van der Waals surface area contributed by atoms with Gasteiger partial charge in [0, 0.05) is 6.42 Å². The summed E-state index contributed by atoms with van der Waals surface area (Å²) in [4.78, 5) is 12.9. The zero-order chi connectivity index (χ0) is 39.0. The molecule has 0 aromatic rings. The molecule has 12 unspecified atom stereocenters. The number of allylic oxidation sites excluding steroid dienone is 1. The van der Waals surface area contributed by atoms with E-state index in [1.165, 1.54) is 70.6 Å². The van der Waals surface area contributed by atoms with Crippen LogP contribution in [0.4, 0.5) is 0 Å². The first-order valence-corrected chi connectivity index (χ1v) is 20.4. The Hall–Kier alpha value is -1.27. The van der Waals surface area contributed by atoms with Gasteiger partial charge in [-0.1, -0.05) is 129 Å². The SMILES string of the molecule is CCCC/C=C/C(O)C(COC1OC(CO)C(OC2OC(CO)C(O)C(O)C2O)C(O)C1O)NC(=O)CCCCCCCCCCCCCCCCC. The number of rotatable bonds is 29. The van der Waals surface area contributed by atoms with E-state index in [9.17, 15) is 45.6 Å². The van der Waals surface area contributed by atoms with E-state index >= 15 is 0 Å². The molecule has 0 radical (unpaired) electrons. The minimum atomic E-state index is -1.78. The van der Waals surface area contributed by atoms with Gasteiger partial charge in [-0.3, -0.25) is 4.79 Å². The van der Waals surface area contributed by atoms with E-state index in [1.807, 2.05) is 6.08 Å². The quantitative estimate of drug-likeness (QED) is 0.0395. The highest BCUT2D eigenvalue weighted by atomic mass is 16.7. The van der Waals surface area contributed by atoms with E-state index in [1.54, 1.807) is 6.08 Å². The Bertz CT molecular complexity index is 956. The zero-order valence-electron chi connectivity index (χ0n) is 32.3. The number of nitrogens with one attached hydrogen (secondary N) is 1. The van der Waals surface area contributed by atoms with Crippen LogP contribution in [0.5, 0.6) is 0 Å². The van der Waals surface area contributed by atoms with Gasteiger partial charge in [-0.25, -0.2) is 0 Å². The summed E-state index contributed by atoms with van der Waals surface area (Å²) in [6.45, 7) is 2.59. The summed E-state index contributed by atoms with van der Waals surface area (Å²) in [5.74, 6) is -0.249. The van der Waals surface area contributed by atoms with Crippen LogP contribution in [0.1, 0.15) is 136 Å². The van der Waals surface area contributed by atoms with E-state index in [0.717, 1.165) is 38.5 Å². The van der Waals surface area contributed by atoms with Gasteiger partial charge in [0.1, 0.15) is 48.8 Å². The summed E-state index contributed by atoms with van der Waals surface area (Å²) in [5, 5.41) is 85.6. The summed E-state index contributed by atoms with van der Waals surface area (Å²) in [7, 11) is 0. The molecule has 2 saturated heterocycles.